The molecule has 0 N–H and O–H groups in total. The summed E-state index contributed by atoms with van der Waals surface area (Å²) in [6, 6.07) is 3.28. The summed E-state index contributed by atoms with van der Waals surface area (Å²) in [6.45, 7) is 8.98. The normalized spacial score (nSPS) is 17.9. The number of likely N-dealkylation sites (tertiary alicyclic amines) is 1. The van der Waals surface area contributed by atoms with Crippen LogP contribution in [0.15, 0.2) is 27.6 Å². The summed E-state index contributed by atoms with van der Waals surface area (Å²) in [5.41, 5.74) is 1.06. The van der Waals surface area contributed by atoms with Crippen molar-refractivity contribution in [1.82, 2.24) is 19.8 Å². The number of aromatic nitrogens is 3. The van der Waals surface area contributed by atoms with Crippen LogP contribution in [-0.2, 0) is 12.0 Å². The molecule has 1 unspecified atom stereocenters. The van der Waals surface area contributed by atoms with Gasteiger partial charge in [0, 0.05) is 18.0 Å². The van der Waals surface area contributed by atoms with Crippen molar-refractivity contribution >= 4 is 5.91 Å². The predicted octanol–water partition coefficient (Wildman–Crippen LogP) is 2.14. The topological polar surface area (TPSA) is 81.2 Å². The second-order valence-electron chi connectivity index (χ2n) is 7.58. The maximum Gasteiger partial charge on any atom is 0.266 e. The van der Waals surface area contributed by atoms with Gasteiger partial charge in [0.25, 0.3) is 11.5 Å². The van der Waals surface area contributed by atoms with Crippen molar-refractivity contribution in [3.8, 4) is 0 Å². The van der Waals surface area contributed by atoms with Crippen LogP contribution in [0.4, 0.5) is 0 Å². The lowest BCUT2D eigenvalue weighted by Gasteiger charge is -2.25. The number of hydrogen-bond acceptors (Lipinski definition) is 5. The van der Waals surface area contributed by atoms with E-state index in [0.29, 0.717) is 24.4 Å². The minimum Gasteiger partial charge on any atom is -0.361 e. The van der Waals surface area contributed by atoms with Crippen molar-refractivity contribution in [2.24, 2.45) is 0 Å². The summed E-state index contributed by atoms with van der Waals surface area (Å²) in [4.78, 5) is 26.8. The Kier molecular flexibility index (Phi) is 4.49. The smallest absolute Gasteiger partial charge is 0.266 e. The first kappa shape index (κ1) is 17.4. The molecule has 3 heterocycles. The van der Waals surface area contributed by atoms with E-state index in [0.717, 1.165) is 18.5 Å². The molecule has 0 saturated carbocycles. The molecule has 1 saturated heterocycles. The first-order valence-electron chi connectivity index (χ1n) is 8.58. The second kappa shape index (κ2) is 6.46. The van der Waals surface area contributed by atoms with Crippen LogP contribution >= 0.6 is 0 Å². The molecule has 0 bridgehead atoms. The van der Waals surface area contributed by atoms with Crippen LogP contribution in [0.5, 0.6) is 0 Å². The van der Waals surface area contributed by atoms with Gasteiger partial charge in [0.1, 0.15) is 11.3 Å². The van der Waals surface area contributed by atoms with Crippen molar-refractivity contribution in [1.29, 1.82) is 0 Å². The standard InChI is InChI=1S/C18H24N4O3/c1-12-14(10-19-25-12)17(24)21-9-5-6-13(21)11-22-16(23)8-7-15(20-22)18(2,3)4/h7-8,10,13H,5-6,9,11H2,1-4H3. The van der Waals surface area contributed by atoms with Crippen molar-refractivity contribution in [3.05, 3.63) is 45.7 Å². The molecule has 7 nitrogen and oxygen atoms in total. The van der Waals surface area contributed by atoms with E-state index in [9.17, 15) is 9.59 Å². The van der Waals surface area contributed by atoms with E-state index >= 15 is 0 Å². The molecular weight excluding hydrogens is 320 g/mol. The van der Waals surface area contributed by atoms with Crippen LogP contribution in [0.2, 0.25) is 0 Å². The Labute approximate surface area is 146 Å². The summed E-state index contributed by atoms with van der Waals surface area (Å²) >= 11 is 0. The van der Waals surface area contributed by atoms with E-state index < -0.39 is 0 Å². The molecule has 2 aromatic heterocycles. The van der Waals surface area contributed by atoms with Gasteiger partial charge in [0.05, 0.1) is 24.5 Å². The molecule has 1 amide bonds. The number of aryl methyl sites for hydroxylation is 1. The summed E-state index contributed by atoms with van der Waals surface area (Å²) in [5, 5.41) is 8.20. The van der Waals surface area contributed by atoms with E-state index in [-0.39, 0.29) is 22.9 Å². The minimum atomic E-state index is -0.145. The van der Waals surface area contributed by atoms with Gasteiger partial charge in [0.2, 0.25) is 0 Å². The van der Waals surface area contributed by atoms with Crippen molar-refractivity contribution in [3.63, 3.8) is 0 Å². The molecule has 7 heteroatoms. The van der Waals surface area contributed by atoms with Crippen molar-refractivity contribution in [2.75, 3.05) is 6.54 Å². The summed E-state index contributed by atoms with van der Waals surface area (Å²) < 4.78 is 6.49. The van der Waals surface area contributed by atoms with Crippen LogP contribution in [0, 0.1) is 6.92 Å². The Hall–Kier alpha value is -2.44. The third kappa shape index (κ3) is 3.50. The quantitative estimate of drug-likeness (QED) is 0.852. The summed E-state index contributed by atoms with van der Waals surface area (Å²) in [7, 11) is 0. The molecule has 25 heavy (non-hydrogen) atoms. The molecule has 1 atom stereocenters. The lowest BCUT2D eigenvalue weighted by Crippen LogP contribution is -2.41. The Morgan fingerprint density at radius 1 is 1.36 bits per heavy atom. The number of carbonyl (C=O) groups is 1. The van der Waals surface area contributed by atoms with Crippen LogP contribution in [0.25, 0.3) is 0 Å². The molecule has 1 aliphatic heterocycles. The largest absolute Gasteiger partial charge is 0.361 e. The Bertz CT molecular complexity index is 831. The Morgan fingerprint density at radius 2 is 2.12 bits per heavy atom. The molecule has 0 spiro atoms. The van der Waals surface area contributed by atoms with Crippen LogP contribution in [-0.4, -0.2) is 38.3 Å². The average molecular weight is 344 g/mol. The van der Waals surface area contributed by atoms with Crippen molar-refractivity contribution < 1.29 is 9.32 Å². The number of hydrogen-bond donors (Lipinski definition) is 0. The average Bonchev–Trinajstić information content (AvgIpc) is 3.16. The van der Waals surface area contributed by atoms with Gasteiger partial charge in [-0.15, -0.1) is 0 Å². The van der Waals surface area contributed by atoms with E-state index in [1.165, 1.54) is 10.9 Å². The lowest BCUT2D eigenvalue weighted by molar-refractivity contribution is 0.0718. The zero-order valence-corrected chi connectivity index (χ0v) is 15.2. The van der Waals surface area contributed by atoms with Gasteiger partial charge in [-0.1, -0.05) is 25.9 Å². The Morgan fingerprint density at radius 3 is 2.76 bits per heavy atom. The lowest BCUT2D eigenvalue weighted by atomic mass is 9.92. The minimum absolute atomic E-state index is 0.0535. The van der Waals surface area contributed by atoms with Gasteiger partial charge < -0.3 is 9.42 Å². The zero-order chi connectivity index (χ0) is 18.2. The van der Waals surface area contributed by atoms with Gasteiger partial charge in [0.15, 0.2) is 0 Å². The molecular formula is C18H24N4O3. The molecule has 1 aliphatic rings. The van der Waals surface area contributed by atoms with Crippen LogP contribution < -0.4 is 5.56 Å². The fourth-order valence-corrected chi connectivity index (χ4v) is 3.13. The molecule has 0 radical (unpaired) electrons. The van der Waals surface area contributed by atoms with E-state index in [1.54, 1.807) is 24.0 Å². The SMILES string of the molecule is Cc1oncc1C(=O)N1CCCC1Cn1nc(C(C)(C)C)ccc1=O. The van der Waals surface area contributed by atoms with Crippen molar-refractivity contribution in [2.45, 2.75) is 58.5 Å². The highest BCUT2D eigenvalue weighted by atomic mass is 16.5. The molecule has 3 rings (SSSR count). The van der Waals surface area contributed by atoms with E-state index in [1.807, 2.05) is 0 Å². The molecule has 0 aromatic carbocycles. The molecule has 134 valence electrons. The maximum absolute atomic E-state index is 12.8. The fourth-order valence-electron chi connectivity index (χ4n) is 3.13. The van der Waals surface area contributed by atoms with Gasteiger partial charge in [-0.05, 0) is 25.8 Å². The molecule has 2 aromatic rings. The number of carbonyl (C=O) groups excluding carboxylic acids is 1. The predicted molar refractivity (Wildman–Crippen MR) is 92.5 cm³/mol. The first-order valence-corrected chi connectivity index (χ1v) is 8.58. The van der Waals surface area contributed by atoms with Gasteiger partial charge >= 0.3 is 0 Å². The van der Waals surface area contributed by atoms with Gasteiger partial charge in [-0.2, -0.15) is 5.10 Å². The Balaban J connectivity index is 1.84. The second-order valence-corrected chi connectivity index (χ2v) is 7.58. The third-order valence-corrected chi connectivity index (χ3v) is 4.64. The van der Waals surface area contributed by atoms with E-state index in [4.69, 9.17) is 4.52 Å². The maximum atomic E-state index is 12.8. The van der Waals surface area contributed by atoms with Gasteiger partial charge in [-0.3, -0.25) is 9.59 Å². The highest BCUT2D eigenvalue weighted by Gasteiger charge is 2.32. The van der Waals surface area contributed by atoms with Gasteiger partial charge in [-0.25, -0.2) is 4.68 Å². The molecule has 0 aliphatic carbocycles. The number of amides is 1. The highest BCUT2D eigenvalue weighted by molar-refractivity contribution is 5.95. The van der Waals surface area contributed by atoms with E-state index in [2.05, 4.69) is 31.0 Å². The summed E-state index contributed by atoms with van der Waals surface area (Å²) in [6.07, 6.45) is 3.22. The van der Waals surface area contributed by atoms with Crippen LogP contribution in [0.3, 0.4) is 0 Å². The zero-order valence-electron chi connectivity index (χ0n) is 15.2. The first-order chi connectivity index (χ1) is 11.8. The highest BCUT2D eigenvalue weighted by Crippen LogP contribution is 2.23. The fraction of sp³-hybridized carbons (Fsp3) is 0.556. The summed E-state index contributed by atoms with van der Waals surface area (Å²) in [5.74, 6) is 0.418. The number of nitrogens with zero attached hydrogens (tertiary/aromatic N) is 4. The number of rotatable bonds is 3. The molecule has 1 fully saturated rings. The van der Waals surface area contributed by atoms with Crippen LogP contribution in [0.1, 0.15) is 55.4 Å². The monoisotopic (exact) mass is 344 g/mol. The third-order valence-electron chi connectivity index (χ3n) is 4.64.